The van der Waals surface area contributed by atoms with Gasteiger partial charge in [-0.1, -0.05) is 5.92 Å². The van der Waals surface area contributed by atoms with Crippen LogP contribution in [0.15, 0.2) is 24.3 Å². The van der Waals surface area contributed by atoms with Gasteiger partial charge in [0.15, 0.2) is 6.07 Å². The van der Waals surface area contributed by atoms with Gasteiger partial charge in [0.2, 0.25) is 5.91 Å². The summed E-state index contributed by atoms with van der Waals surface area (Å²) >= 11 is 0. The first-order valence-corrected chi connectivity index (χ1v) is 7.36. The molecule has 1 aliphatic heterocycles. The lowest BCUT2D eigenvalue weighted by Gasteiger charge is -2.12. The molecular weight excluding hydrogens is 326 g/mol. The lowest BCUT2D eigenvalue weighted by Crippen LogP contribution is -2.32. The molecule has 1 N–H and O–H groups in total. The van der Waals surface area contributed by atoms with Gasteiger partial charge in [-0.3, -0.25) is 14.4 Å². The zero-order valence-corrected chi connectivity index (χ0v) is 13.1. The fraction of sp³-hybridized carbons (Fsp3) is 0.235. The minimum absolute atomic E-state index is 0.0152. The van der Waals surface area contributed by atoms with Gasteiger partial charge in [-0.15, -0.1) is 5.06 Å². The lowest BCUT2D eigenvalue weighted by molar-refractivity contribution is -0.197. The van der Waals surface area contributed by atoms with E-state index in [1.54, 1.807) is 30.3 Å². The highest BCUT2D eigenvalue weighted by atomic mass is 16.7. The lowest BCUT2D eigenvalue weighted by atomic mass is 10.2. The van der Waals surface area contributed by atoms with Crippen molar-refractivity contribution < 1.29 is 24.0 Å². The first-order valence-electron chi connectivity index (χ1n) is 7.36. The van der Waals surface area contributed by atoms with Crippen molar-refractivity contribution in [1.29, 1.82) is 5.26 Å². The van der Waals surface area contributed by atoms with Crippen molar-refractivity contribution in [3.05, 3.63) is 29.8 Å². The van der Waals surface area contributed by atoms with Crippen LogP contribution in [0.3, 0.4) is 0 Å². The highest BCUT2D eigenvalue weighted by molar-refractivity contribution is 6.01. The maximum atomic E-state index is 11.8. The summed E-state index contributed by atoms with van der Waals surface area (Å²) in [6.45, 7) is 0. The van der Waals surface area contributed by atoms with Crippen molar-refractivity contribution in [1.82, 2.24) is 5.06 Å². The van der Waals surface area contributed by atoms with Crippen LogP contribution in [0.25, 0.3) is 0 Å². The Hall–Kier alpha value is -3.65. The van der Waals surface area contributed by atoms with E-state index in [2.05, 4.69) is 22.0 Å². The molecule has 0 atom stereocenters. The Bertz CT molecular complexity index is 795. The fourth-order valence-electron chi connectivity index (χ4n) is 1.98. The molecule has 3 amide bonds. The summed E-state index contributed by atoms with van der Waals surface area (Å²) in [5.74, 6) is 2.48. The monoisotopic (exact) mass is 339 g/mol. The van der Waals surface area contributed by atoms with E-state index in [-0.39, 0.29) is 25.7 Å². The van der Waals surface area contributed by atoms with E-state index >= 15 is 0 Å². The molecular formula is C17H13N3O5. The molecule has 0 spiro atoms. The molecule has 0 aromatic heterocycles. The maximum Gasteiger partial charge on any atom is 0.333 e. The van der Waals surface area contributed by atoms with Crippen LogP contribution in [0.5, 0.6) is 0 Å². The molecule has 126 valence electrons. The summed E-state index contributed by atoms with van der Waals surface area (Å²) in [4.78, 5) is 50.7. The zero-order valence-electron chi connectivity index (χ0n) is 13.1. The summed E-state index contributed by atoms with van der Waals surface area (Å²) < 4.78 is 0. The van der Waals surface area contributed by atoms with Crippen LogP contribution in [0.1, 0.15) is 31.2 Å². The number of amides is 3. The molecule has 1 aliphatic rings. The van der Waals surface area contributed by atoms with Crippen molar-refractivity contribution in [3.63, 3.8) is 0 Å². The smallest absolute Gasteiger partial charge is 0.330 e. The Morgan fingerprint density at radius 1 is 1.12 bits per heavy atom. The number of nitriles is 1. The Balaban J connectivity index is 1.78. The fourth-order valence-corrected chi connectivity index (χ4v) is 1.98. The number of carbonyl (C=O) groups excluding carboxylic acids is 4. The van der Waals surface area contributed by atoms with Gasteiger partial charge >= 0.3 is 5.97 Å². The van der Waals surface area contributed by atoms with E-state index in [0.717, 1.165) is 0 Å². The average Bonchev–Trinajstić information content (AvgIpc) is 2.91. The van der Waals surface area contributed by atoms with Crippen molar-refractivity contribution in [2.75, 3.05) is 5.32 Å². The second kappa shape index (κ2) is 8.27. The van der Waals surface area contributed by atoms with E-state index < -0.39 is 23.7 Å². The third kappa shape index (κ3) is 5.19. The molecule has 1 fully saturated rings. The average molecular weight is 339 g/mol. The molecule has 0 radical (unpaired) electrons. The number of nitrogens with zero attached hydrogens (tertiary/aromatic N) is 2. The van der Waals surface area contributed by atoms with Gasteiger partial charge in [-0.05, 0) is 24.3 Å². The number of benzene rings is 1. The number of anilines is 1. The number of nitrogens with one attached hydrogen (secondary N) is 1. The number of imide groups is 1. The minimum atomic E-state index is -0.833. The van der Waals surface area contributed by atoms with Crippen molar-refractivity contribution >= 4 is 29.4 Å². The first-order chi connectivity index (χ1) is 12.0. The van der Waals surface area contributed by atoms with E-state index in [4.69, 9.17) is 5.26 Å². The summed E-state index contributed by atoms with van der Waals surface area (Å²) in [5, 5.41) is 11.4. The van der Waals surface area contributed by atoms with Crippen LogP contribution in [0, 0.1) is 23.2 Å². The van der Waals surface area contributed by atoms with E-state index in [0.29, 0.717) is 16.3 Å². The Kier molecular flexibility index (Phi) is 5.86. The molecule has 2 rings (SSSR count). The Morgan fingerprint density at radius 2 is 1.76 bits per heavy atom. The van der Waals surface area contributed by atoms with Crippen LogP contribution in [0.2, 0.25) is 0 Å². The summed E-state index contributed by atoms with van der Waals surface area (Å²) in [6, 6.07) is 8.20. The van der Waals surface area contributed by atoms with Gasteiger partial charge in [0.25, 0.3) is 11.8 Å². The summed E-state index contributed by atoms with van der Waals surface area (Å²) in [7, 11) is 0. The normalized spacial score (nSPS) is 12.8. The van der Waals surface area contributed by atoms with Crippen molar-refractivity contribution in [2.45, 2.75) is 25.7 Å². The number of carbonyl (C=O) groups is 4. The van der Waals surface area contributed by atoms with Gasteiger partial charge in [-0.25, -0.2) is 4.79 Å². The van der Waals surface area contributed by atoms with Gasteiger partial charge < -0.3 is 10.2 Å². The SMILES string of the molecule is N#CC#Cc1ccc(NC(=O)CCC(=O)ON2C(=O)CCC2=O)cc1. The van der Waals surface area contributed by atoms with Gasteiger partial charge in [0.1, 0.15) is 0 Å². The molecule has 25 heavy (non-hydrogen) atoms. The zero-order chi connectivity index (χ0) is 18.2. The Labute approximate surface area is 143 Å². The molecule has 0 saturated carbocycles. The maximum absolute atomic E-state index is 11.8. The van der Waals surface area contributed by atoms with Crippen LogP contribution >= 0.6 is 0 Å². The summed E-state index contributed by atoms with van der Waals surface area (Å²) in [6.07, 6.45) is -0.400. The molecule has 8 heteroatoms. The number of hydrogen-bond donors (Lipinski definition) is 1. The second-order valence-corrected chi connectivity index (χ2v) is 5.03. The molecule has 0 bridgehead atoms. The third-order valence-corrected chi connectivity index (χ3v) is 3.19. The molecule has 1 aromatic rings. The quantitative estimate of drug-likeness (QED) is 0.629. The molecule has 1 saturated heterocycles. The molecule has 8 nitrogen and oxygen atoms in total. The van der Waals surface area contributed by atoms with Gasteiger partial charge in [-0.2, -0.15) is 5.26 Å². The van der Waals surface area contributed by atoms with E-state index in [1.807, 2.05) is 0 Å². The highest BCUT2D eigenvalue weighted by Crippen LogP contribution is 2.13. The molecule has 0 unspecified atom stereocenters. The highest BCUT2D eigenvalue weighted by Gasteiger charge is 2.32. The van der Waals surface area contributed by atoms with Gasteiger partial charge in [0, 0.05) is 36.4 Å². The molecule has 0 aliphatic carbocycles. The van der Waals surface area contributed by atoms with Crippen molar-refractivity contribution in [3.8, 4) is 17.9 Å². The number of rotatable bonds is 5. The van der Waals surface area contributed by atoms with Crippen LogP contribution in [-0.4, -0.2) is 28.8 Å². The van der Waals surface area contributed by atoms with Crippen LogP contribution in [-0.2, 0) is 24.0 Å². The van der Waals surface area contributed by atoms with E-state index in [9.17, 15) is 19.2 Å². The topological polar surface area (TPSA) is 117 Å². The standard InChI is InChI=1S/C17H13N3O5/c18-11-1-2-12-3-5-13(6-4-12)19-14(21)7-10-17(24)25-20-15(22)8-9-16(20)23/h3-6H,7-10H2,(H,19,21). The largest absolute Gasteiger partial charge is 0.333 e. The third-order valence-electron chi connectivity index (χ3n) is 3.19. The number of hydroxylamine groups is 2. The molecule has 1 aromatic carbocycles. The van der Waals surface area contributed by atoms with Crippen LogP contribution < -0.4 is 5.32 Å². The Morgan fingerprint density at radius 3 is 2.36 bits per heavy atom. The first kappa shape index (κ1) is 17.7. The van der Waals surface area contributed by atoms with Crippen molar-refractivity contribution in [2.24, 2.45) is 0 Å². The second-order valence-electron chi connectivity index (χ2n) is 5.03. The van der Waals surface area contributed by atoms with Gasteiger partial charge in [0.05, 0.1) is 6.42 Å². The number of hydrogen-bond acceptors (Lipinski definition) is 6. The summed E-state index contributed by atoms with van der Waals surface area (Å²) in [5.41, 5.74) is 1.13. The van der Waals surface area contributed by atoms with Crippen LogP contribution in [0.4, 0.5) is 5.69 Å². The predicted molar refractivity (Wildman–Crippen MR) is 84.0 cm³/mol. The van der Waals surface area contributed by atoms with E-state index in [1.165, 1.54) is 0 Å². The minimum Gasteiger partial charge on any atom is -0.330 e. The molecule has 1 heterocycles. The predicted octanol–water partition coefficient (Wildman–Crippen LogP) is 0.888.